The number of amidine groups is 1. The number of amides is 1. The van der Waals surface area contributed by atoms with Gasteiger partial charge in [-0.2, -0.15) is 4.68 Å². The second kappa shape index (κ2) is 8.18. The molecule has 3 aromatic carbocycles. The fraction of sp³-hybridized carbons (Fsp3) is 0.174. The number of hydrogen-bond acceptors (Lipinski definition) is 5. The van der Waals surface area contributed by atoms with Crippen LogP contribution in [0.15, 0.2) is 60.7 Å². The van der Waals surface area contributed by atoms with Gasteiger partial charge in [0.1, 0.15) is 11.7 Å². The van der Waals surface area contributed by atoms with E-state index in [1.165, 1.54) is 16.8 Å². The molecule has 2 heterocycles. The number of likely N-dealkylation sites (tertiary alicyclic amines) is 1. The van der Waals surface area contributed by atoms with Crippen molar-refractivity contribution in [2.24, 2.45) is 0 Å². The SMILES string of the molecule is N=C(c1ccc(NC(=O)c2nnnn2-c2ccc3ccccc3c2)c(F)c1)N1CCCC1. The minimum absolute atomic E-state index is 0.000957. The van der Waals surface area contributed by atoms with Crippen molar-refractivity contribution >= 4 is 28.2 Å². The first-order valence-electron chi connectivity index (χ1n) is 10.3. The number of fused-ring (bicyclic) bond motifs is 1. The molecule has 0 saturated carbocycles. The van der Waals surface area contributed by atoms with Crippen molar-refractivity contribution in [2.45, 2.75) is 12.8 Å². The maximum absolute atomic E-state index is 14.7. The van der Waals surface area contributed by atoms with Crippen LogP contribution in [-0.2, 0) is 0 Å². The van der Waals surface area contributed by atoms with Crippen LogP contribution in [-0.4, -0.2) is 49.9 Å². The van der Waals surface area contributed by atoms with Gasteiger partial charge in [-0.3, -0.25) is 10.2 Å². The lowest BCUT2D eigenvalue weighted by Crippen LogP contribution is -2.27. The van der Waals surface area contributed by atoms with Crippen molar-refractivity contribution in [3.05, 3.63) is 77.9 Å². The number of nitrogens with zero attached hydrogens (tertiary/aromatic N) is 5. The number of rotatable bonds is 4. The Balaban J connectivity index is 1.38. The fourth-order valence-electron chi connectivity index (χ4n) is 3.88. The maximum Gasteiger partial charge on any atom is 0.295 e. The van der Waals surface area contributed by atoms with Gasteiger partial charge in [0, 0.05) is 18.7 Å². The zero-order valence-electron chi connectivity index (χ0n) is 17.1. The Hall–Kier alpha value is -4.14. The molecule has 4 aromatic rings. The van der Waals surface area contributed by atoms with Crippen molar-refractivity contribution in [2.75, 3.05) is 18.4 Å². The normalized spacial score (nSPS) is 13.5. The van der Waals surface area contributed by atoms with Gasteiger partial charge < -0.3 is 10.2 Å². The second-order valence-corrected chi connectivity index (χ2v) is 7.64. The topological polar surface area (TPSA) is 99.8 Å². The van der Waals surface area contributed by atoms with Gasteiger partial charge in [-0.1, -0.05) is 30.3 Å². The molecule has 1 aromatic heterocycles. The smallest absolute Gasteiger partial charge is 0.295 e. The van der Waals surface area contributed by atoms with Crippen molar-refractivity contribution < 1.29 is 9.18 Å². The summed E-state index contributed by atoms with van der Waals surface area (Å²) < 4.78 is 16.0. The van der Waals surface area contributed by atoms with E-state index in [0.29, 0.717) is 17.1 Å². The number of benzene rings is 3. The molecular formula is C23H20FN7O. The summed E-state index contributed by atoms with van der Waals surface area (Å²) in [6.07, 6.45) is 2.07. The Labute approximate surface area is 183 Å². The van der Waals surface area contributed by atoms with E-state index < -0.39 is 11.7 Å². The lowest BCUT2D eigenvalue weighted by atomic mass is 10.1. The summed E-state index contributed by atoms with van der Waals surface area (Å²) in [5, 5.41) is 24.2. The largest absolute Gasteiger partial charge is 0.357 e. The Bertz CT molecular complexity index is 1330. The summed E-state index contributed by atoms with van der Waals surface area (Å²) in [5.74, 6) is -1.03. The number of carbonyl (C=O) groups excluding carboxylic acids is 1. The number of carbonyl (C=O) groups is 1. The molecule has 0 radical (unpaired) electrons. The maximum atomic E-state index is 14.7. The van der Waals surface area contributed by atoms with Crippen LogP contribution in [0.1, 0.15) is 29.0 Å². The van der Waals surface area contributed by atoms with Crippen molar-refractivity contribution in [1.82, 2.24) is 25.1 Å². The van der Waals surface area contributed by atoms with E-state index >= 15 is 0 Å². The standard InChI is InChI=1S/C23H20FN7O/c24-19-14-17(21(25)30-11-3-4-12-30)8-10-20(19)26-23(32)22-27-28-29-31(22)18-9-7-15-5-1-2-6-16(15)13-18/h1-2,5-10,13-14,25H,3-4,11-12H2,(H,26,32). The van der Waals surface area contributed by atoms with E-state index in [1.54, 1.807) is 6.07 Å². The Morgan fingerprint density at radius 2 is 1.78 bits per heavy atom. The summed E-state index contributed by atoms with van der Waals surface area (Å²) in [5.41, 5.74) is 1.10. The molecule has 2 N–H and O–H groups in total. The van der Waals surface area contributed by atoms with Gasteiger partial charge in [0.25, 0.3) is 5.91 Å². The van der Waals surface area contributed by atoms with Gasteiger partial charge >= 0.3 is 0 Å². The molecule has 1 aliphatic rings. The van der Waals surface area contributed by atoms with Gasteiger partial charge in [-0.25, -0.2) is 4.39 Å². The third-order valence-electron chi connectivity index (χ3n) is 5.56. The monoisotopic (exact) mass is 429 g/mol. The highest BCUT2D eigenvalue weighted by molar-refractivity contribution is 6.03. The Morgan fingerprint density at radius 3 is 2.56 bits per heavy atom. The molecule has 1 saturated heterocycles. The molecule has 0 spiro atoms. The van der Waals surface area contributed by atoms with Gasteiger partial charge in [-0.05, 0) is 64.4 Å². The Kier molecular flexibility index (Phi) is 5.06. The number of anilines is 1. The lowest BCUT2D eigenvalue weighted by Gasteiger charge is -2.18. The quantitative estimate of drug-likeness (QED) is 0.381. The van der Waals surface area contributed by atoms with E-state index in [9.17, 15) is 9.18 Å². The summed E-state index contributed by atoms with van der Waals surface area (Å²) >= 11 is 0. The molecule has 0 aliphatic carbocycles. The summed E-state index contributed by atoms with van der Waals surface area (Å²) in [7, 11) is 0. The number of halogens is 1. The minimum atomic E-state index is -0.635. The van der Waals surface area contributed by atoms with Crippen LogP contribution in [0.4, 0.5) is 10.1 Å². The molecule has 8 nitrogen and oxygen atoms in total. The minimum Gasteiger partial charge on any atom is -0.357 e. The molecule has 160 valence electrons. The number of aromatic nitrogens is 4. The predicted octanol–water partition coefficient (Wildman–Crippen LogP) is 3.63. The van der Waals surface area contributed by atoms with Crippen LogP contribution in [0.3, 0.4) is 0 Å². The van der Waals surface area contributed by atoms with Crippen LogP contribution >= 0.6 is 0 Å². The zero-order valence-corrected chi connectivity index (χ0v) is 17.1. The van der Waals surface area contributed by atoms with Gasteiger partial charge in [0.2, 0.25) is 5.82 Å². The number of hydrogen-bond donors (Lipinski definition) is 2. The lowest BCUT2D eigenvalue weighted by molar-refractivity contribution is 0.101. The molecule has 1 fully saturated rings. The Morgan fingerprint density at radius 1 is 1.00 bits per heavy atom. The van der Waals surface area contributed by atoms with Gasteiger partial charge in [-0.15, -0.1) is 5.10 Å². The highest BCUT2D eigenvalue weighted by Crippen LogP contribution is 2.21. The van der Waals surface area contributed by atoms with Crippen LogP contribution in [0, 0.1) is 11.2 Å². The average Bonchev–Trinajstić information content (AvgIpc) is 3.52. The van der Waals surface area contributed by atoms with E-state index in [-0.39, 0.29) is 11.5 Å². The molecule has 0 bridgehead atoms. The number of tetrazole rings is 1. The van der Waals surface area contributed by atoms with Crippen LogP contribution in [0.5, 0.6) is 0 Å². The predicted molar refractivity (Wildman–Crippen MR) is 119 cm³/mol. The first-order valence-corrected chi connectivity index (χ1v) is 10.3. The van der Waals surface area contributed by atoms with Crippen LogP contribution in [0.2, 0.25) is 0 Å². The van der Waals surface area contributed by atoms with Gasteiger partial charge in [0.15, 0.2) is 0 Å². The second-order valence-electron chi connectivity index (χ2n) is 7.64. The van der Waals surface area contributed by atoms with Crippen LogP contribution in [0.25, 0.3) is 16.5 Å². The third kappa shape index (κ3) is 3.68. The van der Waals surface area contributed by atoms with Gasteiger partial charge in [0.05, 0.1) is 11.4 Å². The highest BCUT2D eigenvalue weighted by Gasteiger charge is 2.21. The van der Waals surface area contributed by atoms with Crippen molar-refractivity contribution in [3.63, 3.8) is 0 Å². The first-order chi connectivity index (χ1) is 15.6. The third-order valence-corrected chi connectivity index (χ3v) is 5.56. The molecule has 0 unspecified atom stereocenters. The summed E-state index contributed by atoms with van der Waals surface area (Å²) in [6, 6.07) is 17.8. The molecule has 1 amide bonds. The fourth-order valence-corrected chi connectivity index (χ4v) is 3.88. The number of nitrogens with one attached hydrogen (secondary N) is 2. The summed E-state index contributed by atoms with van der Waals surface area (Å²) in [6.45, 7) is 1.60. The molecular weight excluding hydrogens is 409 g/mol. The van der Waals surface area contributed by atoms with E-state index in [4.69, 9.17) is 5.41 Å². The van der Waals surface area contributed by atoms with Crippen molar-refractivity contribution in [1.29, 1.82) is 5.41 Å². The molecule has 9 heteroatoms. The first kappa shape index (κ1) is 19.8. The van der Waals surface area contributed by atoms with E-state index in [0.717, 1.165) is 36.7 Å². The highest BCUT2D eigenvalue weighted by atomic mass is 19.1. The summed E-state index contributed by atoms with van der Waals surface area (Å²) in [4.78, 5) is 14.7. The van der Waals surface area contributed by atoms with E-state index in [1.807, 2.05) is 47.4 Å². The van der Waals surface area contributed by atoms with Crippen molar-refractivity contribution in [3.8, 4) is 5.69 Å². The van der Waals surface area contributed by atoms with Crippen LogP contribution < -0.4 is 5.32 Å². The molecule has 0 atom stereocenters. The molecule has 5 rings (SSSR count). The van der Waals surface area contributed by atoms with E-state index in [2.05, 4.69) is 20.8 Å². The molecule has 32 heavy (non-hydrogen) atoms. The molecule has 1 aliphatic heterocycles. The average molecular weight is 429 g/mol. The zero-order chi connectivity index (χ0) is 22.1.